The van der Waals surface area contributed by atoms with Crippen LogP contribution in [0, 0.1) is 0 Å². The van der Waals surface area contributed by atoms with Crippen LogP contribution in [0.25, 0.3) is 0 Å². The first-order valence-corrected chi connectivity index (χ1v) is 6.94. The molecule has 0 unspecified atom stereocenters. The van der Waals surface area contributed by atoms with Crippen LogP contribution in [0.5, 0.6) is 5.75 Å². The van der Waals surface area contributed by atoms with E-state index in [-0.39, 0.29) is 5.91 Å². The van der Waals surface area contributed by atoms with Gasteiger partial charge >= 0.3 is 0 Å². The fourth-order valence-corrected chi connectivity index (χ4v) is 2.87. The molecule has 6 nitrogen and oxygen atoms in total. The Morgan fingerprint density at radius 3 is 2.70 bits per heavy atom. The Balaban J connectivity index is 1.70. The Labute approximate surface area is 118 Å². The number of nitrogens with zero attached hydrogens (tertiary/aromatic N) is 2. The van der Waals surface area contributed by atoms with Crippen LogP contribution in [0.2, 0.25) is 0 Å². The Morgan fingerprint density at radius 2 is 2.00 bits per heavy atom. The molecular formula is C14H20N4O2. The zero-order chi connectivity index (χ0) is 14.1. The number of amides is 1. The molecule has 1 saturated heterocycles. The lowest BCUT2D eigenvalue weighted by atomic mass is 10.1. The molecule has 2 heterocycles. The van der Waals surface area contributed by atoms with E-state index in [0.29, 0.717) is 6.54 Å². The van der Waals surface area contributed by atoms with Gasteiger partial charge in [0.05, 0.1) is 24.5 Å². The average Bonchev–Trinajstić information content (AvgIpc) is 2.85. The largest absolute Gasteiger partial charge is 0.493 e. The highest BCUT2D eigenvalue weighted by molar-refractivity contribution is 5.76. The molecule has 2 aliphatic heterocycles. The highest BCUT2D eigenvalue weighted by Crippen LogP contribution is 2.35. The smallest absolute Gasteiger partial charge is 0.231 e. The molecule has 4 N–H and O–H groups in total. The molecule has 0 radical (unpaired) electrons. The summed E-state index contributed by atoms with van der Waals surface area (Å²) in [6.07, 6.45) is 0.949. The SMILES string of the molecule is NC(=O)CN1CCN(c2cc3c(cc2N)OCC3)CC1. The van der Waals surface area contributed by atoms with E-state index in [1.54, 1.807) is 0 Å². The number of carbonyl (C=O) groups excluding carboxylic acids is 1. The van der Waals surface area contributed by atoms with Crippen LogP contribution >= 0.6 is 0 Å². The van der Waals surface area contributed by atoms with E-state index in [1.165, 1.54) is 5.56 Å². The van der Waals surface area contributed by atoms with Crippen LogP contribution in [0.1, 0.15) is 5.56 Å². The van der Waals surface area contributed by atoms with Crippen molar-refractivity contribution in [3.63, 3.8) is 0 Å². The Bertz CT molecular complexity index is 524. The van der Waals surface area contributed by atoms with Gasteiger partial charge in [0.25, 0.3) is 0 Å². The predicted octanol–water partition coefficient (Wildman–Crippen LogP) is -0.189. The van der Waals surface area contributed by atoms with Crippen molar-refractivity contribution in [3.05, 3.63) is 17.7 Å². The highest BCUT2D eigenvalue weighted by Gasteiger charge is 2.22. The van der Waals surface area contributed by atoms with Crippen molar-refractivity contribution in [2.45, 2.75) is 6.42 Å². The van der Waals surface area contributed by atoms with Crippen molar-refractivity contribution < 1.29 is 9.53 Å². The van der Waals surface area contributed by atoms with Gasteiger partial charge in [-0.3, -0.25) is 9.69 Å². The molecule has 0 aromatic heterocycles. The standard InChI is InChI=1S/C14H20N4O2/c15-11-8-13-10(1-6-20-13)7-12(11)18-4-2-17(3-5-18)9-14(16)19/h7-8H,1-6,9,15H2,(H2,16,19). The van der Waals surface area contributed by atoms with Crippen LogP contribution in [0.4, 0.5) is 11.4 Å². The minimum Gasteiger partial charge on any atom is -0.493 e. The number of nitrogen functional groups attached to an aromatic ring is 1. The van der Waals surface area contributed by atoms with Crippen molar-refractivity contribution in [1.29, 1.82) is 0 Å². The van der Waals surface area contributed by atoms with Gasteiger partial charge in [0, 0.05) is 38.7 Å². The van der Waals surface area contributed by atoms with Crippen LogP contribution < -0.4 is 21.1 Å². The number of rotatable bonds is 3. The second kappa shape index (κ2) is 5.20. The molecule has 0 bridgehead atoms. The van der Waals surface area contributed by atoms with Gasteiger partial charge in [-0.15, -0.1) is 0 Å². The first-order valence-electron chi connectivity index (χ1n) is 6.94. The van der Waals surface area contributed by atoms with Gasteiger partial charge in [0.15, 0.2) is 0 Å². The molecule has 3 rings (SSSR count). The van der Waals surface area contributed by atoms with Gasteiger partial charge < -0.3 is 21.1 Å². The number of fused-ring (bicyclic) bond motifs is 1. The molecule has 2 aliphatic rings. The van der Waals surface area contributed by atoms with E-state index >= 15 is 0 Å². The minimum atomic E-state index is -0.271. The summed E-state index contributed by atoms with van der Waals surface area (Å²) in [6.45, 7) is 4.45. The third-order valence-corrected chi connectivity index (χ3v) is 3.93. The molecule has 1 fully saturated rings. The maximum absolute atomic E-state index is 10.9. The first kappa shape index (κ1) is 13.1. The third kappa shape index (κ3) is 2.51. The van der Waals surface area contributed by atoms with E-state index in [4.69, 9.17) is 16.2 Å². The Hall–Kier alpha value is -1.95. The maximum atomic E-state index is 10.9. The van der Waals surface area contributed by atoms with Crippen molar-refractivity contribution in [1.82, 2.24) is 4.90 Å². The molecule has 6 heteroatoms. The van der Waals surface area contributed by atoms with Crippen molar-refractivity contribution in [3.8, 4) is 5.75 Å². The van der Waals surface area contributed by atoms with E-state index in [0.717, 1.165) is 56.3 Å². The summed E-state index contributed by atoms with van der Waals surface area (Å²) in [6, 6.07) is 4.06. The molecule has 0 aliphatic carbocycles. The highest BCUT2D eigenvalue weighted by atomic mass is 16.5. The van der Waals surface area contributed by atoms with Crippen LogP contribution in [-0.4, -0.2) is 50.1 Å². The van der Waals surface area contributed by atoms with E-state index in [2.05, 4.69) is 15.9 Å². The number of hydrogen-bond acceptors (Lipinski definition) is 5. The molecule has 1 aromatic carbocycles. The first-order chi connectivity index (χ1) is 9.63. The summed E-state index contributed by atoms with van der Waals surface area (Å²) in [4.78, 5) is 15.3. The summed E-state index contributed by atoms with van der Waals surface area (Å²) in [5, 5.41) is 0. The molecular weight excluding hydrogens is 256 g/mol. The molecule has 1 aromatic rings. The number of carbonyl (C=O) groups is 1. The van der Waals surface area contributed by atoms with E-state index in [1.807, 2.05) is 6.07 Å². The van der Waals surface area contributed by atoms with Crippen LogP contribution in [0.3, 0.4) is 0 Å². The fourth-order valence-electron chi connectivity index (χ4n) is 2.87. The summed E-state index contributed by atoms with van der Waals surface area (Å²) >= 11 is 0. The van der Waals surface area contributed by atoms with Gasteiger partial charge in [-0.2, -0.15) is 0 Å². The third-order valence-electron chi connectivity index (χ3n) is 3.93. The number of primary amides is 1. The van der Waals surface area contributed by atoms with Gasteiger partial charge in [-0.1, -0.05) is 0 Å². The molecule has 0 saturated carbocycles. The lowest BCUT2D eigenvalue weighted by molar-refractivity contribution is -0.119. The van der Waals surface area contributed by atoms with Crippen molar-refractivity contribution in [2.75, 3.05) is 50.0 Å². The number of piperazine rings is 1. The summed E-state index contributed by atoms with van der Waals surface area (Å²) in [7, 11) is 0. The van der Waals surface area contributed by atoms with Gasteiger partial charge in [0.2, 0.25) is 5.91 Å². The average molecular weight is 276 g/mol. The van der Waals surface area contributed by atoms with Crippen LogP contribution in [0.15, 0.2) is 12.1 Å². The predicted molar refractivity (Wildman–Crippen MR) is 77.9 cm³/mol. The van der Waals surface area contributed by atoms with E-state index in [9.17, 15) is 4.79 Å². The number of nitrogens with two attached hydrogens (primary N) is 2. The summed E-state index contributed by atoms with van der Waals surface area (Å²) in [5.74, 6) is 0.645. The molecule has 20 heavy (non-hydrogen) atoms. The zero-order valence-electron chi connectivity index (χ0n) is 11.5. The maximum Gasteiger partial charge on any atom is 0.231 e. The van der Waals surface area contributed by atoms with Crippen LogP contribution in [-0.2, 0) is 11.2 Å². The van der Waals surface area contributed by atoms with Gasteiger partial charge in [-0.05, 0) is 11.6 Å². The lowest BCUT2D eigenvalue weighted by Crippen LogP contribution is -2.49. The molecule has 0 spiro atoms. The van der Waals surface area contributed by atoms with Gasteiger partial charge in [0.1, 0.15) is 5.75 Å². The number of benzene rings is 1. The van der Waals surface area contributed by atoms with E-state index < -0.39 is 0 Å². The lowest BCUT2D eigenvalue weighted by Gasteiger charge is -2.36. The molecule has 0 atom stereocenters. The second-order valence-corrected chi connectivity index (χ2v) is 5.35. The van der Waals surface area contributed by atoms with Crippen molar-refractivity contribution in [2.24, 2.45) is 5.73 Å². The normalized spacial score (nSPS) is 18.7. The van der Waals surface area contributed by atoms with Crippen molar-refractivity contribution >= 4 is 17.3 Å². The molecule has 108 valence electrons. The zero-order valence-corrected chi connectivity index (χ0v) is 11.5. The van der Waals surface area contributed by atoms with Gasteiger partial charge in [-0.25, -0.2) is 0 Å². The number of ether oxygens (including phenoxy) is 1. The minimum absolute atomic E-state index is 0.271. The Kier molecular flexibility index (Phi) is 3.40. The second-order valence-electron chi connectivity index (χ2n) is 5.35. The monoisotopic (exact) mass is 276 g/mol. The topological polar surface area (TPSA) is 84.8 Å². The number of anilines is 2. The Morgan fingerprint density at radius 1 is 1.25 bits per heavy atom. The fraction of sp³-hybridized carbons (Fsp3) is 0.500. The molecule has 1 amide bonds. The summed E-state index contributed by atoms with van der Waals surface area (Å²) < 4.78 is 5.52. The summed E-state index contributed by atoms with van der Waals surface area (Å²) in [5.41, 5.74) is 14.4. The quantitative estimate of drug-likeness (QED) is 0.748. The number of hydrogen-bond donors (Lipinski definition) is 2.